The molecule has 5 atom stereocenters. The third-order valence-electron chi connectivity index (χ3n) is 5.60. The van der Waals surface area contributed by atoms with Crippen LogP contribution in [0.2, 0.25) is 0 Å². The number of nitrogens with one attached hydrogen (secondary N) is 1. The third kappa shape index (κ3) is 1.86. The fourth-order valence-corrected chi connectivity index (χ4v) is 4.26. The first-order valence-electron chi connectivity index (χ1n) is 7.65. The normalized spacial score (nSPS) is 43.9. The van der Waals surface area contributed by atoms with Gasteiger partial charge in [-0.15, -0.1) is 0 Å². The molecule has 4 nitrogen and oxygen atoms in total. The highest BCUT2D eigenvalue weighted by Gasteiger charge is 2.69. The number of amides is 1. The van der Waals surface area contributed by atoms with Gasteiger partial charge in [-0.3, -0.25) is 4.79 Å². The van der Waals surface area contributed by atoms with E-state index in [1.165, 1.54) is 5.56 Å². The summed E-state index contributed by atoms with van der Waals surface area (Å²) < 4.78 is 11.5. The van der Waals surface area contributed by atoms with E-state index in [1.807, 2.05) is 18.2 Å². The Balaban J connectivity index is 1.63. The topological polar surface area (TPSA) is 50.9 Å². The molecule has 2 aliphatic heterocycles. The number of rotatable bonds is 3. The van der Waals surface area contributed by atoms with E-state index in [0.717, 1.165) is 12.8 Å². The molecule has 2 saturated heterocycles. The number of epoxide rings is 1. The van der Waals surface area contributed by atoms with Crippen LogP contribution in [0.25, 0.3) is 0 Å². The van der Waals surface area contributed by atoms with E-state index in [1.54, 1.807) is 7.11 Å². The number of carbonyl (C=O) groups is 1. The number of methoxy groups -OCH3 is 1. The summed E-state index contributed by atoms with van der Waals surface area (Å²) in [5.74, 6) is 0.215. The van der Waals surface area contributed by atoms with Crippen molar-refractivity contribution < 1.29 is 14.3 Å². The second-order valence-corrected chi connectivity index (χ2v) is 6.80. The summed E-state index contributed by atoms with van der Waals surface area (Å²) in [4.78, 5) is 12.5. The number of hydrogen-bond acceptors (Lipinski definition) is 3. The Hall–Kier alpha value is -1.39. The molecule has 2 heterocycles. The van der Waals surface area contributed by atoms with Gasteiger partial charge in [0.1, 0.15) is 0 Å². The van der Waals surface area contributed by atoms with Crippen molar-refractivity contribution in [3.8, 4) is 0 Å². The lowest BCUT2D eigenvalue weighted by Gasteiger charge is -2.37. The van der Waals surface area contributed by atoms with Crippen LogP contribution in [0.5, 0.6) is 0 Å². The molecule has 1 amide bonds. The van der Waals surface area contributed by atoms with Crippen molar-refractivity contribution in [2.45, 2.75) is 49.5 Å². The second kappa shape index (κ2) is 4.31. The van der Waals surface area contributed by atoms with Crippen LogP contribution in [-0.2, 0) is 20.7 Å². The molecule has 0 aromatic heterocycles. The monoisotopic (exact) mass is 287 g/mol. The largest absolute Gasteiger partial charge is 0.368 e. The van der Waals surface area contributed by atoms with Gasteiger partial charge in [0.2, 0.25) is 0 Å². The SMILES string of the molecule is CO[C@]12CC3O[C@]3(C)C[C@H]1[C@H](Cc1ccccc1)NC2=O. The summed E-state index contributed by atoms with van der Waals surface area (Å²) >= 11 is 0. The molecule has 1 aromatic rings. The second-order valence-electron chi connectivity index (χ2n) is 6.80. The van der Waals surface area contributed by atoms with E-state index in [0.29, 0.717) is 6.42 Å². The van der Waals surface area contributed by atoms with E-state index >= 15 is 0 Å². The summed E-state index contributed by atoms with van der Waals surface area (Å²) in [7, 11) is 1.66. The molecule has 4 rings (SSSR count). The van der Waals surface area contributed by atoms with Crippen LogP contribution in [0.3, 0.4) is 0 Å². The summed E-state index contributed by atoms with van der Waals surface area (Å²) in [6.45, 7) is 2.15. The number of fused-ring (bicyclic) bond motifs is 2. The van der Waals surface area contributed by atoms with Crippen molar-refractivity contribution in [1.82, 2.24) is 5.32 Å². The molecule has 4 heteroatoms. The minimum absolute atomic E-state index is 0.0356. The van der Waals surface area contributed by atoms with E-state index in [9.17, 15) is 4.79 Å². The Bertz CT molecular complexity index is 575. The average molecular weight is 287 g/mol. The van der Waals surface area contributed by atoms with Crippen molar-refractivity contribution in [2.75, 3.05) is 7.11 Å². The average Bonchev–Trinajstić information content (AvgIpc) is 3.08. The van der Waals surface area contributed by atoms with E-state index < -0.39 is 5.60 Å². The molecule has 21 heavy (non-hydrogen) atoms. The van der Waals surface area contributed by atoms with E-state index in [2.05, 4.69) is 24.4 Å². The third-order valence-corrected chi connectivity index (χ3v) is 5.60. The lowest BCUT2D eigenvalue weighted by molar-refractivity contribution is -0.145. The van der Waals surface area contributed by atoms with Crippen molar-refractivity contribution >= 4 is 5.91 Å². The summed E-state index contributed by atoms with van der Waals surface area (Å²) in [5, 5.41) is 3.17. The standard InChI is InChI=1S/C17H21NO3/c1-16-9-12-13(8-11-6-4-3-5-7-11)18-15(19)17(12,20-2)10-14(16)21-16/h3-7,12-14H,8-10H2,1-2H3,(H,18,19)/t12-,13-,14?,16+,17+/m0/s1. The molecular weight excluding hydrogens is 266 g/mol. The van der Waals surface area contributed by atoms with Crippen molar-refractivity contribution in [1.29, 1.82) is 0 Å². The Morgan fingerprint density at radius 2 is 2.10 bits per heavy atom. The number of ether oxygens (including phenoxy) is 2. The van der Waals surface area contributed by atoms with Crippen molar-refractivity contribution in [3.05, 3.63) is 35.9 Å². The minimum atomic E-state index is -0.694. The van der Waals surface area contributed by atoms with E-state index in [4.69, 9.17) is 9.47 Å². The lowest BCUT2D eigenvalue weighted by atomic mass is 9.69. The summed E-state index contributed by atoms with van der Waals surface area (Å²) in [5.41, 5.74) is 0.507. The molecule has 1 saturated carbocycles. The maximum Gasteiger partial charge on any atom is 0.252 e. The first-order valence-corrected chi connectivity index (χ1v) is 7.65. The molecule has 3 fully saturated rings. The van der Waals surface area contributed by atoms with Gasteiger partial charge in [0, 0.05) is 25.5 Å². The van der Waals surface area contributed by atoms with Crippen molar-refractivity contribution in [3.63, 3.8) is 0 Å². The molecule has 1 N–H and O–H groups in total. The van der Waals surface area contributed by atoms with Gasteiger partial charge in [0.15, 0.2) is 5.60 Å². The zero-order valence-electron chi connectivity index (χ0n) is 12.5. The Kier molecular flexibility index (Phi) is 2.72. The Morgan fingerprint density at radius 3 is 2.81 bits per heavy atom. The van der Waals surface area contributed by atoms with Crippen LogP contribution in [-0.4, -0.2) is 36.4 Å². The predicted molar refractivity (Wildman–Crippen MR) is 77.8 cm³/mol. The fourth-order valence-electron chi connectivity index (χ4n) is 4.26. The molecule has 0 bridgehead atoms. The Morgan fingerprint density at radius 1 is 1.33 bits per heavy atom. The van der Waals surface area contributed by atoms with Gasteiger partial charge in [0.05, 0.1) is 11.7 Å². The Labute approximate surface area is 124 Å². The molecule has 1 unspecified atom stereocenters. The number of carbonyl (C=O) groups excluding carboxylic acids is 1. The number of hydrogen-bond donors (Lipinski definition) is 1. The van der Waals surface area contributed by atoms with Crippen LogP contribution in [0.15, 0.2) is 30.3 Å². The van der Waals surface area contributed by atoms with Crippen LogP contribution in [0, 0.1) is 5.92 Å². The quantitative estimate of drug-likeness (QED) is 0.861. The molecule has 1 aliphatic carbocycles. The molecule has 1 aromatic carbocycles. The zero-order valence-corrected chi connectivity index (χ0v) is 12.5. The maximum atomic E-state index is 12.5. The minimum Gasteiger partial charge on any atom is -0.368 e. The zero-order chi connectivity index (χ0) is 14.7. The first kappa shape index (κ1) is 13.3. The molecule has 3 aliphatic rings. The van der Waals surface area contributed by atoms with Gasteiger partial charge in [-0.2, -0.15) is 0 Å². The van der Waals surface area contributed by atoms with Gasteiger partial charge in [-0.25, -0.2) is 0 Å². The van der Waals surface area contributed by atoms with Gasteiger partial charge in [-0.1, -0.05) is 30.3 Å². The highest BCUT2D eigenvalue weighted by atomic mass is 16.6. The van der Waals surface area contributed by atoms with Crippen LogP contribution in [0.1, 0.15) is 25.3 Å². The van der Waals surface area contributed by atoms with Gasteiger partial charge >= 0.3 is 0 Å². The van der Waals surface area contributed by atoms with Crippen LogP contribution < -0.4 is 5.32 Å². The molecular formula is C17H21NO3. The predicted octanol–water partition coefficient (Wildman–Crippen LogP) is 1.68. The van der Waals surface area contributed by atoms with Gasteiger partial charge < -0.3 is 14.8 Å². The highest BCUT2D eigenvalue weighted by Crippen LogP contribution is 2.56. The fraction of sp³-hybridized carbons (Fsp3) is 0.588. The highest BCUT2D eigenvalue weighted by molar-refractivity contribution is 5.89. The van der Waals surface area contributed by atoms with Gasteiger partial charge in [0.25, 0.3) is 5.91 Å². The van der Waals surface area contributed by atoms with E-state index in [-0.39, 0.29) is 29.6 Å². The smallest absolute Gasteiger partial charge is 0.252 e. The molecule has 0 radical (unpaired) electrons. The first-order chi connectivity index (χ1) is 10.1. The van der Waals surface area contributed by atoms with Gasteiger partial charge in [-0.05, 0) is 25.3 Å². The maximum absolute atomic E-state index is 12.5. The van der Waals surface area contributed by atoms with Crippen LogP contribution in [0.4, 0.5) is 0 Å². The molecule has 0 spiro atoms. The summed E-state index contributed by atoms with van der Waals surface area (Å²) in [6.07, 6.45) is 2.60. The number of benzene rings is 1. The molecule has 112 valence electrons. The lowest BCUT2D eigenvalue weighted by Crippen LogP contribution is -2.50. The van der Waals surface area contributed by atoms with Crippen LogP contribution >= 0.6 is 0 Å². The summed E-state index contributed by atoms with van der Waals surface area (Å²) in [6, 6.07) is 10.4. The van der Waals surface area contributed by atoms with Crippen molar-refractivity contribution in [2.24, 2.45) is 5.92 Å².